The van der Waals surface area contributed by atoms with Gasteiger partial charge in [0.1, 0.15) is 17.9 Å². The van der Waals surface area contributed by atoms with E-state index in [0.29, 0.717) is 42.9 Å². The van der Waals surface area contributed by atoms with E-state index in [-0.39, 0.29) is 22.3 Å². The number of fused-ring (bicyclic) bond motifs is 1. The molecule has 0 spiro atoms. The summed E-state index contributed by atoms with van der Waals surface area (Å²) in [4.78, 5) is 27.3. The number of hydrogen-bond acceptors (Lipinski definition) is 6. The molecular weight excluding hydrogens is 517 g/mol. The Morgan fingerprint density at radius 2 is 1.97 bits per heavy atom. The van der Waals surface area contributed by atoms with Gasteiger partial charge in [0.25, 0.3) is 0 Å². The average Bonchev–Trinajstić information content (AvgIpc) is 2.93. The molecular formula is C30H31ClFN5O2. The Morgan fingerprint density at radius 3 is 2.67 bits per heavy atom. The maximum Gasteiger partial charge on any atom is 0.355 e. The van der Waals surface area contributed by atoms with Gasteiger partial charge in [0.15, 0.2) is 5.65 Å². The zero-order chi connectivity index (χ0) is 27.8. The number of aromatic nitrogens is 3. The molecule has 1 N–H and O–H groups in total. The van der Waals surface area contributed by atoms with Crippen LogP contribution in [0, 0.1) is 12.7 Å². The highest BCUT2D eigenvalue weighted by Gasteiger charge is 2.30. The van der Waals surface area contributed by atoms with E-state index in [9.17, 15) is 14.3 Å². The lowest BCUT2D eigenvalue weighted by Gasteiger charge is -2.42. The molecule has 0 amide bonds. The van der Waals surface area contributed by atoms with Gasteiger partial charge in [-0.25, -0.2) is 18.7 Å². The van der Waals surface area contributed by atoms with Gasteiger partial charge in [-0.15, -0.1) is 0 Å². The van der Waals surface area contributed by atoms with Crippen LogP contribution in [0.2, 0.25) is 5.02 Å². The highest BCUT2D eigenvalue weighted by molar-refractivity contribution is 6.33. The second kappa shape index (κ2) is 10.9. The normalized spacial score (nSPS) is 17.0. The van der Waals surface area contributed by atoms with Crippen molar-refractivity contribution in [3.05, 3.63) is 93.6 Å². The van der Waals surface area contributed by atoms with E-state index < -0.39 is 17.7 Å². The first-order valence-corrected chi connectivity index (χ1v) is 13.4. The molecule has 1 fully saturated rings. The van der Waals surface area contributed by atoms with Gasteiger partial charge < -0.3 is 10.0 Å². The molecule has 2 atom stereocenters. The molecule has 0 aliphatic carbocycles. The van der Waals surface area contributed by atoms with Gasteiger partial charge in [0.05, 0.1) is 21.8 Å². The topological polar surface area (TPSA) is 74.5 Å². The molecule has 39 heavy (non-hydrogen) atoms. The van der Waals surface area contributed by atoms with Gasteiger partial charge in [-0.1, -0.05) is 55.4 Å². The maximum atomic E-state index is 14.9. The maximum absolute atomic E-state index is 14.9. The number of aliphatic hydroxyl groups excluding tert-OH is 1. The first-order valence-electron chi connectivity index (χ1n) is 13.0. The molecule has 202 valence electrons. The number of anilines is 1. The van der Waals surface area contributed by atoms with E-state index in [1.54, 1.807) is 24.3 Å². The number of rotatable bonds is 6. The standard InChI is InChI=1S/C30H31ClFN5O2/c1-5-20-11-9-10-18(3)27(20)37-29-22(16-23(31)26(33-29)21-12-7-8-13-24(21)32)28(34-30(37)39)36-15-14-35(17-19(36)4)25(38)6-2/h6-13,16,19,25,38H,2,5,14-15,17H2,1,3-4H3/t19-,25?/m0/s1. The number of hydrogen-bond donors (Lipinski definition) is 1. The van der Waals surface area contributed by atoms with Gasteiger partial charge in [0, 0.05) is 31.2 Å². The largest absolute Gasteiger partial charge is 0.375 e. The lowest BCUT2D eigenvalue weighted by atomic mass is 10.0. The van der Waals surface area contributed by atoms with E-state index in [1.165, 1.54) is 16.7 Å². The van der Waals surface area contributed by atoms with Crippen LogP contribution < -0.4 is 10.6 Å². The van der Waals surface area contributed by atoms with E-state index in [0.717, 1.165) is 16.8 Å². The Labute approximate surface area is 231 Å². The minimum atomic E-state index is -0.750. The molecule has 0 radical (unpaired) electrons. The zero-order valence-corrected chi connectivity index (χ0v) is 23.0. The SMILES string of the molecule is C=CC(O)N1CCN(c2nc(=O)n(-c3c(C)cccc3CC)c3nc(-c4ccccc4F)c(Cl)cc23)[C@@H](C)C1. The minimum absolute atomic E-state index is 0.0750. The van der Waals surface area contributed by atoms with Crippen molar-refractivity contribution < 1.29 is 9.50 Å². The highest BCUT2D eigenvalue weighted by Crippen LogP contribution is 2.35. The summed E-state index contributed by atoms with van der Waals surface area (Å²) in [7, 11) is 0. The lowest BCUT2D eigenvalue weighted by Crippen LogP contribution is -2.55. The summed E-state index contributed by atoms with van der Waals surface area (Å²) in [6.45, 7) is 11.3. The molecule has 4 aromatic rings. The van der Waals surface area contributed by atoms with Gasteiger partial charge in [-0.2, -0.15) is 4.98 Å². The Kier molecular flexibility index (Phi) is 7.53. The van der Waals surface area contributed by atoms with E-state index >= 15 is 0 Å². The van der Waals surface area contributed by atoms with Crippen LogP contribution in [0.25, 0.3) is 28.0 Å². The second-order valence-corrected chi connectivity index (χ2v) is 10.3. The molecule has 1 saturated heterocycles. The first-order chi connectivity index (χ1) is 18.7. The summed E-state index contributed by atoms with van der Waals surface area (Å²) in [6, 6.07) is 13.9. The third kappa shape index (κ3) is 4.84. The second-order valence-electron chi connectivity index (χ2n) is 9.85. The molecule has 2 aromatic carbocycles. The van der Waals surface area contributed by atoms with Crippen molar-refractivity contribution in [2.75, 3.05) is 24.5 Å². The fraction of sp³-hybridized carbons (Fsp3) is 0.300. The van der Waals surface area contributed by atoms with Crippen LogP contribution >= 0.6 is 11.6 Å². The third-order valence-corrected chi connectivity index (χ3v) is 7.66. The van der Waals surface area contributed by atoms with Crippen LogP contribution in [0.3, 0.4) is 0 Å². The predicted octanol–water partition coefficient (Wildman–Crippen LogP) is 5.13. The summed E-state index contributed by atoms with van der Waals surface area (Å²) in [5.41, 5.74) is 2.98. The van der Waals surface area contributed by atoms with Gasteiger partial charge in [0.2, 0.25) is 0 Å². The first kappa shape index (κ1) is 27.0. The average molecular weight is 548 g/mol. The molecule has 0 bridgehead atoms. The molecule has 3 heterocycles. The van der Waals surface area contributed by atoms with Crippen LogP contribution in [-0.4, -0.2) is 56.4 Å². The van der Waals surface area contributed by atoms with Gasteiger partial charge in [-0.3, -0.25) is 4.90 Å². The molecule has 1 aliphatic rings. The smallest absolute Gasteiger partial charge is 0.355 e. The van der Waals surface area contributed by atoms with Crippen molar-refractivity contribution in [2.24, 2.45) is 0 Å². The number of piperazine rings is 1. The van der Waals surface area contributed by atoms with Crippen molar-refractivity contribution in [1.82, 2.24) is 19.4 Å². The van der Waals surface area contributed by atoms with Crippen LogP contribution in [0.15, 0.2) is 66.0 Å². The molecule has 1 aliphatic heterocycles. The van der Waals surface area contributed by atoms with Crippen molar-refractivity contribution in [1.29, 1.82) is 0 Å². The quantitative estimate of drug-likeness (QED) is 0.338. The number of pyridine rings is 1. The number of aryl methyl sites for hydroxylation is 2. The van der Waals surface area contributed by atoms with E-state index in [1.807, 2.05) is 48.8 Å². The minimum Gasteiger partial charge on any atom is -0.375 e. The Bertz CT molecular complexity index is 1620. The fourth-order valence-electron chi connectivity index (χ4n) is 5.38. The number of nitrogens with zero attached hydrogens (tertiary/aromatic N) is 5. The monoisotopic (exact) mass is 547 g/mol. The van der Waals surface area contributed by atoms with Crippen LogP contribution in [0.1, 0.15) is 25.0 Å². The van der Waals surface area contributed by atoms with Crippen molar-refractivity contribution in [2.45, 2.75) is 39.5 Å². The van der Waals surface area contributed by atoms with Gasteiger partial charge >= 0.3 is 5.69 Å². The summed E-state index contributed by atoms with van der Waals surface area (Å²) in [5.74, 6) is 0.0118. The summed E-state index contributed by atoms with van der Waals surface area (Å²) in [6.07, 6.45) is 1.45. The van der Waals surface area contributed by atoms with E-state index in [4.69, 9.17) is 16.6 Å². The van der Waals surface area contributed by atoms with Crippen molar-refractivity contribution in [3.63, 3.8) is 0 Å². The summed E-state index contributed by atoms with van der Waals surface area (Å²) in [5, 5.41) is 11.1. The Balaban J connectivity index is 1.79. The zero-order valence-electron chi connectivity index (χ0n) is 22.2. The molecule has 7 nitrogen and oxygen atoms in total. The van der Waals surface area contributed by atoms with E-state index in [2.05, 4.69) is 11.6 Å². The number of halogens is 2. The fourth-order valence-corrected chi connectivity index (χ4v) is 5.64. The Morgan fingerprint density at radius 1 is 1.21 bits per heavy atom. The molecule has 0 saturated carbocycles. The summed E-state index contributed by atoms with van der Waals surface area (Å²) >= 11 is 6.75. The molecule has 1 unspecified atom stereocenters. The highest BCUT2D eigenvalue weighted by atomic mass is 35.5. The molecule has 2 aromatic heterocycles. The van der Waals surface area contributed by atoms with Gasteiger partial charge in [-0.05, 0) is 55.7 Å². The van der Waals surface area contributed by atoms with Crippen LogP contribution in [0.5, 0.6) is 0 Å². The lowest BCUT2D eigenvalue weighted by molar-refractivity contribution is 0.0296. The summed E-state index contributed by atoms with van der Waals surface area (Å²) < 4.78 is 16.4. The molecule has 9 heteroatoms. The Hall–Kier alpha value is -3.59. The van der Waals surface area contributed by atoms with Crippen molar-refractivity contribution >= 4 is 28.5 Å². The molecule has 5 rings (SSSR count). The van der Waals surface area contributed by atoms with Crippen LogP contribution in [0.4, 0.5) is 10.2 Å². The number of para-hydroxylation sites is 1. The van der Waals surface area contributed by atoms with Crippen LogP contribution in [-0.2, 0) is 6.42 Å². The predicted molar refractivity (Wildman–Crippen MR) is 154 cm³/mol. The van der Waals surface area contributed by atoms with Crippen molar-refractivity contribution in [3.8, 4) is 16.9 Å². The number of aliphatic hydroxyl groups is 1. The number of benzene rings is 2. The third-order valence-electron chi connectivity index (χ3n) is 7.37.